The molecular formula is C18H22N2O. The van der Waals surface area contributed by atoms with Gasteiger partial charge in [-0.3, -0.25) is 4.79 Å². The maximum atomic E-state index is 11.9. The molecule has 0 atom stereocenters. The molecule has 0 aromatic heterocycles. The van der Waals surface area contributed by atoms with Crippen molar-refractivity contribution in [1.82, 2.24) is 5.32 Å². The zero-order valence-electron chi connectivity index (χ0n) is 12.8. The van der Waals surface area contributed by atoms with E-state index in [0.717, 1.165) is 12.2 Å². The minimum Gasteiger partial charge on any atom is -0.381 e. The molecule has 0 aliphatic rings. The Labute approximate surface area is 126 Å². The Hall–Kier alpha value is -2.29. The number of carbonyl (C=O) groups excluding carboxylic acids is 1. The highest BCUT2D eigenvalue weighted by Crippen LogP contribution is 2.12. The summed E-state index contributed by atoms with van der Waals surface area (Å²) in [5.41, 5.74) is 4.20. The zero-order chi connectivity index (χ0) is 15.2. The second kappa shape index (κ2) is 6.93. The molecule has 3 nitrogen and oxygen atoms in total. The summed E-state index contributed by atoms with van der Waals surface area (Å²) in [6.45, 7) is 6.77. The van der Waals surface area contributed by atoms with Crippen molar-refractivity contribution in [2.24, 2.45) is 0 Å². The Morgan fingerprint density at radius 2 is 1.81 bits per heavy atom. The normalized spacial score (nSPS) is 10.5. The molecule has 110 valence electrons. The van der Waals surface area contributed by atoms with E-state index in [9.17, 15) is 4.79 Å². The van der Waals surface area contributed by atoms with Gasteiger partial charge in [-0.2, -0.15) is 0 Å². The first-order valence-electron chi connectivity index (χ1n) is 7.25. The molecule has 0 saturated heterocycles. The van der Waals surface area contributed by atoms with Crippen molar-refractivity contribution < 1.29 is 4.79 Å². The quantitative estimate of drug-likeness (QED) is 0.877. The van der Waals surface area contributed by atoms with Crippen molar-refractivity contribution in [2.75, 3.05) is 5.32 Å². The molecule has 21 heavy (non-hydrogen) atoms. The van der Waals surface area contributed by atoms with Crippen LogP contribution in [0.15, 0.2) is 48.5 Å². The highest BCUT2D eigenvalue weighted by molar-refractivity contribution is 5.94. The van der Waals surface area contributed by atoms with Crippen LogP contribution in [0.4, 0.5) is 5.69 Å². The van der Waals surface area contributed by atoms with Crippen LogP contribution in [0, 0.1) is 6.92 Å². The number of benzene rings is 2. The molecule has 0 unspecified atom stereocenters. The lowest BCUT2D eigenvalue weighted by molar-refractivity contribution is 0.0943. The maximum absolute atomic E-state index is 11.9. The van der Waals surface area contributed by atoms with E-state index in [0.29, 0.717) is 5.56 Å². The minimum atomic E-state index is -0.0322. The SMILES string of the molecule is Cc1cccc(CNc2ccc(C(=O)NC(C)C)cc2)c1. The first-order chi connectivity index (χ1) is 10.0. The van der Waals surface area contributed by atoms with Crippen LogP contribution >= 0.6 is 0 Å². The molecule has 0 aliphatic heterocycles. The summed E-state index contributed by atoms with van der Waals surface area (Å²) < 4.78 is 0. The number of amides is 1. The number of hydrogen-bond acceptors (Lipinski definition) is 2. The van der Waals surface area contributed by atoms with Gasteiger partial charge in [-0.05, 0) is 50.6 Å². The average molecular weight is 282 g/mol. The number of aryl methyl sites for hydroxylation is 1. The first-order valence-corrected chi connectivity index (χ1v) is 7.25. The van der Waals surface area contributed by atoms with Crippen molar-refractivity contribution in [1.29, 1.82) is 0 Å². The van der Waals surface area contributed by atoms with Gasteiger partial charge in [-0.25, -0.2) is 0 Å². The fraction of sp³-hybridized carbons (Fsp3) is 0.278. The standard InChI is InChI=1S/C18H22N2O/c1-13(2)20-18(21)16-7-9-17(10-8-16)19-12-15-6-4-5-14(3)11-15/h4-11,13,19H,12H2,1-3H3,(H,20,21). The third-order valence-electron chi connectivity index (χ3n) is 3.15. The lowest BCUT2D eigenvalue weighted by Gasteiger charge is -2.10. The summed E-state index contributed by atoms with van der Waals surface area (Å²) in [7, 11) is 0. The number of hydrogen-bond donors (Lipinski definition) is 2. The van der Waals surface area contributed by atoms with E-state index in [1.54, 1.807) is 0 Å². The van der Waals surface area contributed by atoms with Crippen molar-refractivity contribution in [3.63, 3.8) is 0 Å². The molecule has 1 amide bonds. The van der Waals surface area contributed by atoms with Gasteiger partial charge >= 0.3 is 0 Å². The summed E-state index contributed by atoms with van der Waals surface area (Å²) in [4.78, 5) is 11.9. The van der Waals surface area contributed by atoms with Gasteiger partial charge in [-0.1, -0.05) is 29.8 Å². The minimum absolute atomic E-state index is 0.0322. The van der Waals surface area contributed by atoms with Gasteiger partial charge in [-0.15, -0.1) is 0 Å². The molecule has 0 spiro atoms. The monoisotopic (exact) mass is 282 g/mol. The van der Waals surface area contributed by atoms with E-state index in [4.69, 9.17) is 0 Å². The van der Waals surface area contributed by atoms with Crippen LogP contribution in [-0.4, -0.2) is 11.9 Å². The Bertz CT molecular complexity index is 603. The molecule has 0 aliphatic carbocycles. The van der Waals surface area contributed by atoms with E-state index in [2.05, 4.69) is 41.8 Å². The van der Waals surface area contributed by atoms with Crippen LogP contribution in [0.2, 0.25) is 0 Å². The second-order valence-corrected chi connectivity index (χ2v) is 5.55. The Kier molecular flexibility index (Phi) is 4.99. The van der Waals surface area contributed by atoms with Crippen molar-refractivity contribution in [3.8, 4) is 0 Å². The fourth-order valence-corrected chi connectivity index (χ4v) is 2.11. The molecule has 0 fully saturated rings. The van der Waals surface area contributed by atoms with Crippen LogP contribution in [0.1, 0.15) is 35.3 Å². The number of anilines is 1. The smallest absolute Gasteiger partial charge is 0.251 e. The van der Waals surface area contributed by atoms with E-state index in [1.807, 2.05) is 38.1 Å². The largest absolute Gasteiger partial charge is 0.381 e. The predicted molar refractivity (Wildman–Crippen MR) is 87.5 cm³/mol. The van der Waals surface area contributed by atoms with Crippen molar-refractivity contribution >= 4 is 11.6 Å². The molecule has 2 N–H and O–H groups in total. The Morgan fingerprint density at radius 1 is 1.10 bits per heavy atom. The number of rotatable bonds is 5. The van der Waals surface area contributed by atoms with Gasteiger partial charge in [0, 0.05) is 23.8 Å². The van der Waals surface area contributed by atoms with Crippen molar-refractivity contribution in [3.05, 3.63) is 65.2 Å². The summed E-state index contributed by atoms with van der Waals surface area (Å²) in [5.74, 6) is -0.0322. The van der Waals surface area contributed by atoms with Gasteiger partial charge < -0.3 is 10.6 Å². The molecule has 3 heteroatoms. The summed E-state index contributed by atoms with van der Waals surface area (Å²) in [6, 6.07) is 16.1. The summed E-state index contributed by atoms with van der Waals surface area (Å²) in [5, 5.41) is 6.25. The van der Waals surface area contributed by atoms with Gasteiger partial charge in [0.1, 0.15) is 0 Å². The predicted octanol–water partition coefficient (Wildman–Crippen LogP) is 3.75. The fourth-order valence-electron chi connectivity index (χ4n) is 2.11. The van der Waals surface area contributed by atoms with Crippen molar-refractivity contribution in [2.45, 2.75) is 33.4 Å². The third-order valence-corrected chi connectivity index (χ3v) is 3.15. The molecule has 0 bridgehead atoms. The Balaban J connectivity index is 1.95. The average Bonchev–Trinajstić information content (AvgIpc) is 2.45. The van der Waals surface area contributed by atoms with Gasteiger partial charge in [0.05, 0.1) is 0 Å². The molecule has 2 aromatic carbocycles. The second-order valence-electron chi connectivity index (χ2n) is 5.55. The molecule has 2 aromatic rings. The number of carbonyl (C=O) groups is 1. The van der Waals surface area contributed by atoms with Crippen LogP contribution in [0.25, 0.3) is 0 Å². The topological polar surface area (TPSA) is 41.1 Å². The van der Waals surface area contributed by atoms with Crippen LogP contribution in [-0.2, 0) is 6.54 Å². The Morgan fingerprint density at radius 3 is 2.43 bits per heavy atom. The lowest BCUT2D eigenvalue weighted by Crippen LogP contribution is -2.29. The maximum Gasteiger partial charge on any atom is 0.251 e. The molecule has 2 rings (SSSR count). The van der Waals surface area contributed by atoms with E-state index < -0.39 is 0 Å². The highest BCUT2D eigenvalue weighted by Gasteiger charge is 2.06. The lowest BCUT2D eigenvalue weighted by atomic mass is 10.1. The summed E-state index contributed by atoms with van der Waals surface area (Å²) in [6.07, 6.45) is 0. The van der Waals surface area contributed by atoms with Gasteiger partial charge in [0.25, 0.3) is 5.91 Å². The number of nitrogens with one attached hydrogen (secondary N) is 2. The molecular weight excluding hydrogens is 260 g/mol. The van der Waals surface area contributed by atoms with Crippen LogP contribution in [0.3, 0.4) is 0 Å². The van der Waals surface area contributed by atoms with Gasteiger partial charge in [0.15, 0.2) is 0 Å². The summed E-state index contributed by atoms with van der Waals surface area (Å²) >= 11 is 0. The molecule has 0 radical (unpaired) electrons. The highest BCUT2D eigenvalue weighted by atomic mass is 16.1. The molecule has 0 heterocycles. The van der Waals surface area contributed by atoms with Crippen LogP contribution in [0.5, 0.6) is 0 Å². The van der Waals surface area contributed by atoms with Crippen LogP contribution < -0.4 is 10.6 Å². The van der Waals surface area contributed by atoms with E-state index in [1.165, 1.54) is 11.1 Å². The zero-order valence-corrected chi connectivity index (χ0v) is 12.8. The first kappa shape index (κ1) is 15.1. The van der Waals surface area contributed by atoms with E-state index >= 15 is 0 Å². The van der Waals surface area contributed by atoms with E-state index in [-0.39, 0.29) is 11.9 Å². The van der Waals surface area contributed by atoms with Gasteiger partial charge in [0.2, 0.25) is 0 Å². The molecule has 0 saturated carbocycles. The third kappa shape index (κ3) is 4.63.